The van der Waals surface area contributed by atoms with Crippen molar-refractivity contribution < 1.29 is 13.2 Å². The molecule has 0 radical (unpaired) electrons. The summed E-state index contributed by atoms with van der Waals surface area (Å²) in [6.45, 7) is 0. The second-order valence-corrected chi connectivity index (χ2v) is 8.25. The molecule has 0 aliphatic rings. The third-order valence-corrected chi connectivity index (χ3v) is 5.85. The van der Waals surface area contributed by atoms with Crippen molar-refractivity contribution in [2.24, 2.45) is 5.10 Å². The van der Waals surface area contributed by atoms with Gasteiger partial charge in [0.05, 0.1) is 11.1 Å². The Kier molecular flexibility index (Phi) is 6.23. The molecular weight excluding hydrogens is 442 g/mol. The number of anilines is 1. The van der Waals surface area contributed by atoms with Gasteiger partial charge in [0.25, 0.3) is 15.9 Å². The summed E-state index contributed by atoms with van der Waals surface area (Å²) in [6, 6.07) is 21.6. The first-order valence-corrected chi connectivity index (χ1v) is 10.5. The second kappa shape index (κ2) is 8.81. The van der Waals surface area contributed by atoms with Crippen molar-refractivity contribution in [2.45, 2.75) is 4.90 Å². The van der Waals surface area contributed by atoms with Gasteiger partial charge in [0.2, 0.25) is 0 Å². The fourth-order valence-corrected chi connectivity index (χ4v) is 3.77. The molecule has 3 rings (SSSR count). The van der Waals surface area contributed by atoms with Crippen LogP contribution in [-0.2, 0) is 10.0 Å². The van der Waals surface area contributed by atoms with Crippen LogP contribution in [0.15, 0.2) is 93.3 Å². The van der Waals surface area contributed by atoms with E-state index in [0.717, 1.165) is 10.0 Å². The summed E-state index contributed by atoms with van der Waals surface area (Å²) < 4.78 is 28.0. The molecule has 3 aromatic rings. The Hall–Kier alpha value is -2.97. The zero-order valence-corrected chi connectivity index (χ0v) is 16.9. The highest BCUT2D eigenvalue weighted by Gasteiger charge is 2.13. The number of nitrogens with one attached hydrogen (secondary N) is 2. The van der Waals surface area contributed by atoms with Gasteiger partial charge in [-0.2, -0.15) is 5.10 Å². The lowest BCUT2D eigenvalue weighted by Crippen LogP contribution is -2.18. The van der Waals surface area contributed by atoms with Crippen LogP contribution in [0.2, 0.25) is 0 Å². The number of sulfonamides is 1. The van der Waals surface area contributed by atoms with E-state index in [4.69, 9.17) is 0 Å². The SMILES string of the molecule is O=C(NN=Cc1ccccc1Br)c1ccc(NS(=O)(=O)c2ccccc2)cc1. The Morgan fingerprint density at radius 2 is 1.54 bits per heavy atom. The van der Waals surface area contributed by atoms with Crippen LogP contribution in [0.4, 0.5) is 5.69 Å². The van der Waals surface area contributed by atoms with Gasteiger partial charge in [0.1, 0.15) is 0 Å². The molecule has 0 aliphatic heterocycles. The number of carbonyl (C=O) groups is 1. The minimum Gasteiger partial charge on any atom is -0.280 e. The molecule has 2 N–H and O–H groups in total. The summed E-state index contributed by atoms with van der Waals surface area (Å²) in [5, 5.41) is 3.93. The van der Waals surface area contributed by atoms with Gasteiger partial charge in [0.15, 0.2) is 0 Å². The number of rotatable bonds is 6. The van der Waals surface area contributed by atoms with Crippen LogP contribution in [0, 0.1) is 0 Å². The van der Waals surface area contributed by atoms with E-state index >= 15 is 0 Å². The standard InChI is InChI=1S/C20H16BrN3O3S/c21-19-9-5-4-6-16(19)14-22-23-20(25)15-10-12-17(13-11-15)24-28(26,27)18-7-2-1-3-8-18/h1-14,24H,(H,23,25). The normalized spacial score (nSPS) is 11.3. The van der Waals surface area contributed by atoms with Gasteiger partial charge in [-0.05, 0) is 42.5 Å². The highest BCUT2D eigenvalue weighted by molar-refractivity contribution is 9.10. The molecule has 142 valence electrons. The minimum absolute atomic E-state index is 0.165. The fourth-order valence-electron chi connectivity index (χ4n) is 2.31. The zero-order valence-electron chi connectivity index (χ0n) is 14.5. The highest BCUT2D eigenvalue weighted by atomic mass is 79.9. The predicted molar refractivity (Wildman–Crippen MR) is 113 cm³/mol. The smallest absolute Gasteiger partial charge is 0.271 e. The Bertz CT molecular complexity index is 1100. The molecule has 6 nitrogen and oxygen atoms in total. The molecule has 0 heterocycles. The molecule has 8 heteroatoms. The maximum absolute atomic E-state index is 12.3. The molecule has 0 fully saturated rings. The van der Waals surface area contributed by atoms with Crippen molar-refractivity contribution in [3.05, 3.63) is 94.5 Å². The van der Waals surface area contributed by atoms with Crippen LogP contribution in [0.5, 0.6) is 0 Å². The number of amides is 1. The van der Waals surface area contributed by atoms with Crippen LogP contribution in [-0.4, -0.2) is 20.5 Å². The van der Waals surface area contributed by atoms with Crippen molar-refractivity contribution in [2.75, 3.05) is 4.72 Å². The minimum atomic E-state index is -3.67. The topological polar surface area (TPSA) is 87.6 Å². The van der Waals surface area contributed by atoms with E-state index in [9.17, 15) is 13.2 Å². The number of halogens is 1. The Morgan fingerprint density at radius 1 is 0.893 bits per heavy atom. The maximum Gasteiger partial charge on any atom is 0.271 e. The number of hydrogen-bond donors (Lipinski definition) is 2. The fraction of sp³-hybridized carbons (Fsp3) is 0. The van der Waals surface area contributed by atoms with E-state index < -0.39 is 15.9 Å². The van der Waals surface area contributed by atoms with E-state index in [2.05, 4.69) is 31.2 Å². The van der Waals surface area contributed by atoms with E-state index in [0.29, 0.717) is 11.3 Å². The molecule has 0 atom stereocenters. The Labute approximate surface area is 171 Å². The molecule has 0 bridgehead atoms. The monoisotopic (exact) mass is 457 g/mol. The summed E-state index contributed by atoms with van der Waals surface area (Å²) in [4.78, 5) is 12.3. The van der Waals surface area contributed by atoms with E-state index in [-0.39, 0.29) is 4.90 Å². The average molecular weight is 458 g/mol. The lowest BCUT2D eigenvalue weighted by Gasteiger charge is -2.08. The maximum atomic E-state index is 12.3. The van der Waals surface area contributed by atoms with Crippen molar-refractivity contribution in [1.29, 1.82) is 0 Å². The van der Waals surface area contributed by atoms with Gasteiger partial charge in [-0.1, -0.05) is 52.3 Å². The first-order valence-electron chi connectivity index (χ1n) is 8.21. The lowest BCUT2D eigenvalue weighted by molar-refractivity contribution is 0.0955. The molecule has 28 heavy (non-hydrogen) atoms. The van der Waals surface area contributed by atoms with Crippen LogP contribution >= 0.6 is 15.9 Å². The average Bonchev–Trinajstić information content (AvgIpc) is 2.70. The second-order valence-electron chi connectivity index (χ2n) is 5.72. The van der Waals surface area contributed by atoms with E-state index in [1.54, 1.807) is 18.2 Å². The predicted octanol–water partition coefficient (Wildman–Crippen LogP) is 4.01. The van der Waals surface area contributed by atoms with E-state index in [1.807, 2.05) is 24.3 Å². The quantitative estimate of drug-likeness (QED) is 0.432. The molecule has 0 spiro atoms. The molecular formula is C20H16BrN3O3S. The van der Waals surface area contributed by atoms with Gasteiger partial charge < -0.3 is 0 Å². The van der Waals surface area contributed by atoms with Gasteiger partial charge in [-0.25, -0.2) is 13.8 Å². The van der Waals surface area contributed by atoms with E-state index in [1.165, 1.54) is 42.6 Å². The third-order valence-electron chi connectivity index (χ3n) is 3.73. The zero-order chi connectivity index (χ0) is 20.0. The molecule has 0 unspecified atom stereocenters. The van der Waals surface area contributed by atoms with Gasteiger partial charge in [-0.15, -0.1) is 0 Å². The third kappa shape index (κ3) is 5.05. The Balaban J connectivity index is 1.64. The van der Waals surface area contributed by atoms with Gasteiger partial charge >= 0.3 is 0 Å². The molecule has 0 aliphatic carbocycles. The summed E-state index contributed by atoms with van der Waals surface area (Å²) in [7, 11) is -3.67. The van der Waals surface area contributed by atoms with Crippen molar-refractivity contribution >= 4 is 43.8 Å². The van der Waals surface area contributed by atoms with Crippen LogP contribution in [0.3, 0.4) is 0 Å². The molecule has 0 aromatic heterocycles. The molecule has 3 aromatic carbocycles. The number of hydrazone groups is 1. The van der Waals surface area contributed by atoms with Crippen molar-refractivity contribution in [3.63, 3.8) is 0 Å². The number of carbonyl (C=O) groups excluding carboxylic acids is 1. The summed E-state index contributed by atoms with van der Waals surface area (Å²) in [5.74, 6) is -0.402. The number of nitrogens with zero attached hydrogens (tertiary/aromatic N) is 1. The van der Waals surface area contributed by atoms with Crippen LogP contribution < -0.4 is 10.1 Å². The highest BCUT2D eigenvalue weighted by Crippen LogP contribution is 2.16. The van der Waals surface area contributed by atoms with Crippen LogP contribution in [0.1, 0.15) is 15.9 Å². The first-order chi connectivity index (χ1) is 13.5. The largest absolute Gasteiger partial charge is 0.280 e. The summed E-state index contributed by atoms with van der Waals surface area (Å²) in [6.07, 6.45) is 1.53. The van der Waals surface area contributed by atoms with Crippen LogP contribution in [0.25, 0.3) is 0 Å². The molecule has 0 saturated heterocycles. The first kappa shape index (κ1) is 19.8. The van der Waals surface area contributed by atoms with Gasteiger partial charge in [0, 0.05) is 21.3 Å². The number of hydrogen-bond acceptors (Lipinski definition) is 4. The van der Waals surface area contributed by atoms with Crippen molar-refractivity contribution in [3.8, 4) is 0 Å². The molecule has 1 amide bonds. The van der Waals surface area contributed by atoms with Gasteiger partial charge in [-0.3, -0.25) is 9.52 Å². The number of benzene rings is 3. The van der Waals surface area contributed by atoms with Crippen molar-refractivity contribution in [1.82, 2.24) is 5.43 Å². The molecule has 0 saturated carbocycles. The summed E-state index contributed by atoms with van der Waals surface area (Å²) >= 11 is 3.40. The Morgan fingerprint density at radius 3 is 2.21 bits per heavy atom. The summed E-state index contributed by atoms with van der Waals surface area (Å²) in [5.41, 5.74) is 3.98. The lowest BCUT2D eigenvalue weighted by atomic mass is 10.2.